The maximum atomic E-state index is 11.6. The Balaban J connectivity index is 1.65. The number of carbonyl (C=O) groups excluding carboxylic acids is 1. The Morgan fingerprint density at radius 2 is 2.42 bits per heavy atom. The van der Waals surface area contributed by atoms with E-state index in [0.717, 1.165) is 38.2 Å². The van der Waals surface area contributed by atoms with Crippen molar-refractivity contribution in [1.29, 1.82) is 0 Å². The van der Waals surface area contributed by atoms with Crippen LogP contribution in [0.2, 0.25) is 0 Å². The Labute approximate surface area is 146 Å². The molecular formula is C17H24N4O2S. The van der Waals surface area contributed by atoms with E-state index >= 15 is 0 Å². The number of alkyl carbamates (subject to hydrolysis) is 1. The third-order valence-corrected chi connectivity index (χ3v) is 5.03. The summed E-state index contributed by atoms with van der Waals surface area (Å²) in [6.07, 6.45) is 3.86. The van der Waals surface area contributed by atoms with Crippen LogP contribution in [0, 0.1) is 0 Å². The monoisotopic (exact) mass is 348 g/mol. The Morgan fingerprint density at radius 3 is 3.17 bits per heavy atom. The number of amides is 1. The van der Waals surface area contributed by atoms with Crippen LogP contribution in [0.3, 0.4) is 0 Å². The van der Waals surface area contributed by atoms with Crippen LogP contribution in [0.5, 0.6) is 0 Å². The molecule has 0 spiro atoms. The zero-order chi connectivity index (χ0) is 16.9. The van der Waals surface area contributed by atoms with Gasteiger partial charge in [-0.2, -0.15) is 5.10 Å². The molecule has 0 aromatic carbocycles. The molecule has 3 heterocycles. The minimum absolute atomic E-state index is 0.152. The fraction of sp³-hybridized carbons (Fsp3) is 0.529. The van der Waals surface area contributed by atoms with Crippen molar-refractivity contribution in [3.63, 3.8) is 0 Å². The highest BCUT2D eigenvalue weighted by Gasteiger charge is 2.23. The molecule has 7 heteroatoms. The average molecular weight is 348 g/mol. The van der Waals surface area contributed by atoms with E-state index < -0.39 is 0 Å². The Morgan fingerprint density at radius 1 is 1.54 bits per heavy atom. The largest absolute Gasteiger partial charge is 0.450 e. The van der Waals surface area contributed by atoms with E-state index in [9.17, 15) is 4.79 Å². The molecule has 3 rings (SSSR count). The summed E-state index contributed by atoms with van der Waals surface area (Å²) in [7, 11) is 1.96. The van der Waals surface area contributed by atoms with Gasteiger partial charge >= 0.3 is 6.09 Å². The Kier molecular flexibility index (Phi) is 5.52. The maximum Gasteiger partial charge on any atom is 0.407 e. The number of carbonyl (C=O) groups is 1. The average Bonchev–Trinajstić information content (AvgIpc) is 3.17. The lowest BCUT2D eigenvalue weighted by molar-refractivity contribution is 0.132. The topological polar surface area (TPSA) is 59.4 Å². The number of likely N-dealkylation sites (tertiary alicyclic amines) is 1. The fourth-order valence-electron chi connectivity index (χ4n) is 3.17. The van der Waals surface area contributed by atoms with E-state index in [1.807, 2.05) is 18.7 Å². The van der Waals surface area contributed by atoms with Gasteiger partial charge in [-0.15, -0.1) is 11.3 Å². The van der Waals surface area contributed by atoms with Gasteiger partial charge in [-0.05, 0) is 37.8 Å². The Bertz CT molecular complexity index is 668. The van der Waals surface area contributed by atoms with Crippen molar-refractivity contribution in [3.05, 3.63) is 29.3 Å². The molecule has 1 N–H and O–H groups in total. The van der Waals surface area contributed by atoms with E-state index in [4.69, 9.17) is 4.74 Å². The third-order valence-electron chi connectivity index (χ3n) is 4.16. The van der Waals surface area contributed by atoms with Crippen molar-refractivity contribution in [2.75, 3.05) is 19.7 Å². The molecule has 1 amide bonds. The van der Waals surface area contributed by atoms with Gasteiger partial charge in [0, 0.05) is 37.9 Å². The summed E-state index contributed by atoms with van der Waals surface area (Å²) < 4.78 is 6.87. The lowest BCUT2D eigenvalue weighted by Gasteiger charge is -2.32. The number of nitrogens with one attached hydrogen (secondary N) is 1. The smallest absolute Gasteiger partial charge is 0.407 e. The summed E-state index contributed by atoms with van der Waals surface area (Å²) in [5, 5.41) is 9.66. The molecule has 1 saturated heterocycles. The molecule has 0 saturated carbocycles. The molecule has 0 radical (unpaired) electrons. The summed E-state index contributed by atoms with van der Waals surface area (Å²) in [4.78, 5) is 15.2. The van der Waals surface area contributed by atoms with Crippen molar-refractivity contribution in [2.24, 2.45) is 7.05 Å². The summed E-state index contributed by atoms with van der Waals surface area (Å²) in [5.74, 6) is 0. The van der Waals surface area contributed by atoms with Crippen LogP contribution >= 0.6 is 11.3 Å². The van der Waals surface area contributed by atoms with Gasteiger partial charge in [0.15, 0.2) is 0 Å². The van der Waals surface area contributed by atoms with Gasteiger partial charge in [-0.1, -0.05) is 6.07 Å². The van der Waals surface area contributed by atoms with Crippen molar-refractivity contribution in [3.8, 4) is 10.6 Å². The molecule has 1 aliphatic heterocycles. The standard InChI is InChI=1S/C17H24N4O2S/c1-3-23-17(22)18-14-6-4-8-21(12-14)11-13-10-20(2)19-16(13)15-7-5-9-24-15/h5,7,9-10,14H,3-4,6,8,11-12H2,1-2H3,(H,18,22)/t14-/m1/s1. The van der Waals surface area contributed by atoms with E-state index in [0.29, 0.717) is 6.61 Å². The summed E-state index contributed by atoms with van der Waals surface area (Å²) in [5.41, 5.74) is 2.30. The lowest BCUT2D eigenvalue weighted by atomic mass is 10.0. The first kappa shape index (κ1) is 17.0. The first-order chi connectivity index (χ1) is 11.7. The predicted molar refractivity (Wildman–Crippen MR) is 95.0 cm³/mol. The van der Waals surface area contributed by atoms with Crippen molar-refractivity contribution in [2.45, 2.75) is 32.4 Å². The lowest BCUT2D eigenvalue weighted by Crippen LogP contribution is -2.47. The number of nitrogens with zero attached hydrogens (tertiary/aromatic N) is 3. The number of thiophene rings is 1. The molecule has 0 unspecified atom stereocenters. The van der Waals surface area contributed by atoms with Crippen LogP contribution < -0.4 is 5.32 Å². The van der Waals surface area contributed by atoms with Gasteiger partial charge in [0.05, 0.1) is 11.5 Å². The van der Waals surface area contributed by atoms with Crippen molar-refractivity contribution in [1.82, 2.24) is 20.0 Å². The molecule has 2 aromatic heterocycles. The zero-order valence-electron chi connectivity index (χ0n) is 14.2. The van der Waals surface area contributed by atoms with Gasteiger partial charge in [0.25, 0.3) is 0 Å². The molecule has 1 fully saturated rings. The number of ether oxygens (including phenoxy) is 1. The van der Waals surface area contributed by atoms with Crippen LogP contribution in [-0.2, 0) is 18.3 Å². The fourth-order valence-corrected chi connectivity index (χ4v) is 3.92. The second-order valence-electron chi connectivity index (χ2n) is 6.09. The zero-order valence-corrected chi connectivity index (χ0v) is 15.0. The Hall–Kier alpha value is -1.86. The number of aryl methyl sites for hydroxylation is 1. The number of aromatic nitrogens is 2. The third kappa shape index (κ3) is 4.15. The molecule has 1 aliphatic rings. The molecule has 6 nitrogen and oxygen atoms in total. The highest BCUT2D eigenvalue weighted by Crippen LogP contribution is 2.28. The molecule has 2 aromatic rings. The van der Waals surface area contributed by atoms with Crippen LogP contribution in [0.25, 0.3) is 10.6 Å². The number of hydrogen-bond donors (Lipinski definition) is 1. The van der Waals surface area contributed by atoms with E-state index in [1.165, 1.54) is 10.4 Å². The predicted octanol–water partition coefficient (Wildman–Crippen LogP) is 2.86. The SMILES string of the molecule is CCOC(=O)N[C@@H]1CCCN(Cc2cn(C)nc2-c2cccs2)C1. The molecular weight excluding hydrogens is 324 g/mol. The van der Waals surface area contributed by atoms with E-state index in [-0.39, 0.29) is 12.1 Å². The number of rotatable bonds is 5. The van der Waals surface area contributed by atoms with E-state index in [2.05, 4.69) is 39.0 Å². The molecule has 24 heavy (non-hydrogen) atoms. The summed E-state index contributed by atoms with van der Waals surface area (Å²) in [6, 6.07) is 4.32. The van der Waals surface area contributed by atoms with Crippen LogP contribution in [0.15, 0.2) is 23.7 Å². The second-order valence-corrected chi connectivity index (χ2v) is 7.04. The van der Waals surface area contributed by atoms with Gasteiger partial charge in [0.1, 0.15) is 5.69 Å². The van der Waals surface area contributed by atoms with E-state index in [1.54, 1.807) is 11.3 Å². The van der Waals surface area contributed by atoms with Crippen molar-refractivity contribution >= 4 is 17.4 Å². The van der Waals surface area contributed by atoms with Gasteiger partial charge in [-0.3, -0.25) is 9.58 Å². The van der Waals surface area contributed by atoms with Crippen LogP contribution in [0.4, 0.5) is 4.79 Å². The molecule has 1 atom stereocenters. The highest BCUT2D eigenvalue weighted by molar-refractivity contribution is 7.13. The van der Waals surface area contributed by atoms with Gasteiger partial charge in [0.2, 0.25) is 0 Å². The summed E-state index contributed by atoms with van der Waals surface area (Å²) in [6.45, 7) is 4.96. The van der Waals surface area contributed by atoms with Crippen LogP contribution in [-0.4, -0.2) is 46.5 Å². The second kappa shape index (κ2) is 7.81. The van der Waals surface area contributed by atoms with Crippen LogP contribution in [0.1, 0.15) is 25.3 Å². The minimum atomic E-state index is -0.315. The number of hydrogen-bond acceptors (Lipinski definition) is 5. The van der Waals surface area contributed by atoms with Gasteiger partial charge < -0.3 is 10.1 Å². The summed E-state index contributed by atoms with van der Waals surface area (Å²) >= 11 is 1.71. The molecule has 130 valence electrons. The van der Waals surface area contributed by atoms with Crippen molar-refractivity contribution < 1.29 is 9.53 Å². The maximum absolute atomic E-state index is 11.6. The first-order valence-corrected chi connectivity index (χ1v) is 9.25. The first-order valence-electron chi connectivity index (χ1n) is 8.37. The van der Waals surface area contributed by atoms with Gasteiger partial charge in [-0.25, -0.2) is 4.79 Å². The molecule has 0 bridgehead atoms. The molecule has 0 aliphatic carbocycles. The normalized spacial score (nSPS) is 18.5. The minimum Gasteiger partial charge on any atom is -0.450 e. The quantitative estimate of drug-likeness (QED) is 0.903. The highest BCUT2D eigenvalue weighted by atomic mass is 32.1. The number of piperidine rings is 1.